The normalized spacial score (nSPS) is 11.0. The van der Waals surface area contributed by atoms with E-state index in [1.165, 1.54) is 0 Å². The molecular formula is C15H12Cl2N2O2. The first-order chi connectivity index (χ1) is 10.1. The smallest absolute Gasteiger partial charge is 0.270 e. The molecule has 0 aliphatic carbocycles. The fourth-order valence-electron chi connectivity index (χ4n) is 2.17. The van der Waals surface area contributed by atoms with Crippen molar-refractivity contribution in [3.05, 3.63) is 58.1 Å². The Hall–Kier alpha value is -1.91. The molecule has 0 aliphatic rings. The number of fused-ring (bicyclic) bond motifs is 1. The van der Waals surface area contributed by atoms with Gasteiger partial charge in [0.05, 0.1) is 22.9 Å². The maximum absolute atomic E-state index is 12.4. The van der Waals surface area contributed by atoms with Crippen LogP contribution in [0.25, 0.3) is 10.9 Å². The zero-order valence-corrected chi connectivity index (χ0v) is 12.7. The Balaban J connectivity index is 1.89. The van der Waals surface area contributed by atoms with Crippen LogP contribution >= 0.6 is 23.2 Å². The molecule has 0 bridgehead atoms. The molecule has 1 amide bonds. The van der Waals surface area contributed by atoms with Gasteiger partial charge in [0, 0.05) is 18.0 Å². The number of amides is 1. The zero-order chi connectivity index (χ0) is 15.0. The summed E-state index contributed by atoms with van der Waals surface area (Å²) in [5, 5.41) is 1.64. The van der Waals surface area contributed by atoms with Gasteiger partial charge in [-0.25, -0.2) is 0 Å². The zero-order valence-electron chi connectivity index (χ0n) is 11.2. The fraction of sp³-hybridized carbons (Fsp3) is 0.133. The van der Waals surface area contributed by atoms with E-state index in [2.05, 4.69) is 4.98 Å². The number of carbonyl (C=O) groups excluding carboxylic acids is 1. The minimum absolute atomic E-state index is 0.144. The van der Waals surface area contributed by atoms with Crippen molar-refractivity contribution in [1.29, 1.82) is 0 Å². The van der Waals surface area contributed by atoms with Crippen molar-refractivity contribution in [3.8, 4) is 0 Å². The molecule has 4 nitrogen and oxygen atoms in total. The van der Waals surface area contributed by atoms with Crippen LogP contribution in [0, 0.1) is 0 Å². The Kier molecular flexibility index (Phi) is 3.66. The summed E-state index contributed by atoms with van der Waals surface area (Å²) in [6.07, 6.45) is 1.58. The Morgan fingerprint density at radius 2 is 2.14 bits per heavy atom. The molecule has 0 saturated carbocycles. The average molecular weight is 323 g/mol. The van der Waals surface area contributed by atoms with E-state index >= 15 is 0 Å². The average Bonchev–Trinajstić information content (AvgIpc) is 3.11. The van der Waals surface area contributed by atoms with Gasteiger partial charge in [-0.05, 0) is 30.3 Å². The van der Waals surface area contributed by atoms with E-state index in [1.54, 1.807) is 42.5 Å². The summed E-state index contributed by atoms with van der Waals surface area (Å²) in [7, 11) is 1.71. The number of aromatic nitrogens is 1. The van der Waals surface area contributed by atoms with Gasteiger partial charge < -0.3 is 14.3 Å². The molecule has 0 spiro atoms. The molecule has 0 fully saturated rings. The first-order valence-electron chi connectivity index (χ1n) is 6.31. The van der Waals surface area contributed by atoms with Crippen molar-refractivity contribution in [2.45, 2.75) is 6.54 Å². The van der Waals surface area contributed by atoms with E-state index in [4.69, 9.17) is 27.6 Å². The number of hydrogen-bond donors (Lipinski definition) is 1. The topological polar surface area (TPSA) is 49.2 Å². The van der Waals surface area contributed by atoms with Crippen molar-refractivity contribution in [2.24, 2.45) is 0 Å². The molecular weight excluding hydrogens is 311 g/mol. The molecule has 108 valence electrons. The molecule has 2 heterocycles. The number of rotatable bonds is 3. The number of hydrogen-bond acceptors (Lipinski definition) is 2. The highest BCUT2D eigenvalue weighted by molar-refractivity contribution is 6.45. The largest absolute Gasteiger partial charge is 0.467 e. The summed E-state index contributed by atoms with van der Waals surface area (Å²) < 4.78 is 5.24. The van der Waals surface area contributed by atoms with Gasteiger partial charge in [-0.15, -0.1) is 0 Å². The fourth-order valence-corrected chi connectivity index (χ4v) is 2.56. The molecule has 1 N–H and O–H groups in total. The highest BCUT2D eigenvalue weighted by Crippen LogP contribution is 2.31. The minimum atomic E-state index is -0.144. The summed E-state index contributed by atoms with van der Waals surface area (Å²) >= 11 is 12.1. The molecule has 3 aromatic rings. The standard InChI is InChI=1S/C15H12Cl2N2O2/c1-19(8-9-3-2-6-21-9)15(20)13-7-10-12(18-13)5-4-11(16)14(10)17/h2-7,18H,8H2,1H3. The highest BCUT2D eigenvalue weighted by Gasteiger charge is 2.17. The first kappa shape index (κ1) is 14.0. The lowest BCUT2D eigenvalue weighted by Gasteiger charge is -2.14. The summed E-state index contributed by atoms with van der Waals surface area (Å²) in [4.78, 5) is 17.0. The molecule has 0 saturated heterocycles. The molecule has 0 atom stereocenters. The number of H-pyrrole nitrogens is 1. The van der Waals surface area contributed by atoms with E-state index in [0.717, 1.165) is 16.7 Å². The second-order valence-electron chi connectivity index (χ2n) is 4.75. The van der Waals surface area contributed by atoms with Crippen LogP contribution in [0.1, 0.15) is 16.2 Å². The minimum Gasteiger partial charge on any atom is -0.467 e. The third kappa shape index (κ3) is 2.64. The van der Waals surface area contributed by atoms with Gasteiger partial charge in [-0.3, -0.25) is 4.79 Å². The number of nitrogens with one attached hydrogen (secondary N) is 1. The summed E-state index contributed by atoms with van der Waals surface area (Å²) in [5.74, 6) is 0.581. The molecule has 0 unspecified atom stereocenters. The lowest BCUT2D eigenvalue weighted by Crippen LogP contribution is -2.26. The van der Waals surface area contributed by atoms with Crippen LogP contribution in [0.5, 0.6) is 0 Å². The lowest BCUT2D eigenvalue weighted by molar-refractivity contribution is 0.0770. The van der Waals surface area contributed by atoms with Crippen LogP contribution in [-0.2, 0) is 6.54 Å². The molecule has 6 heteroatoms. The summed E-state index contributed by atoms with van der Waals surface area (Å²) in [6, 6.07) is 8.82. The van der Waals surface area contributed by atoms with Crippen LogP contribution in [0.3, 0.4) is 0 Å². The molecule has 0 aliphatic heterocycles. The van der Waals surface area contributed by atoms with Gasteiger partial charge in [0.25, 0.3) is 5.91 Å². The van der Waals surface area contributed by atoms with Crippen LogP contribution < -0.4 is 0 Å². The Morgan fingerprint density at radius 1 is 1.33 bits per heavy atom. The van der Waals surface area contributed by atoms with Gasteiger partial charge in [0.2, 0.25) is 0 Å². The Morgan fingerprint density at radius 3 is 2.86 bits per heavy atom. The Labute approximate surface area is 131 Å². The van der Waals surface area contributed by atoms with E-state index < -0.39 is 0 Å². The van der Waals surface area contributed by atoms with Crippen molar-refractivity contribution < 1.29 is 9.21 Å². The molecule has 3 rings (SSSR count). The van der Waals surface area contributed by atoms with Gasteiger partial charge in [0.15, 0.2) is 0 Å². The van der Waals surface area contributed by atoms with E-state index in [9.17, 15) is 4.79 Å². The van der Waals surface area contributed by atoms with Crippen LogP contribution in [-0.4, -0.2) is 22.8 Å². The van der Waals surface area contributed by atoms with Crippen molar-refractivity contribution in [1.82, 2.24) is 9.88 Å². The molecule has 1 aromatic carbocycles. The Bertz CT molecular complexity index is 793. The maximum Gasteiger partial charge on any atom is 0.270 e. The van der Waals surface area contributed by atoms with Crippen molar-refractivity contribution in [2.75, 3.05) is 7.05 Å². The predicted octanol–water partition coefficient (Wildman–Crippen LogP) is 4.34. The van der Waals surface area contributed by atoms with Gasteiger partial charge in [-0.1, -0.05) is 23.2 Å². The predicted molar refractivity (Wildman–Crippen MR) is 82.8 cm³/mol. The van der Waals surface area contributed by atoms with Crippen LogP contribution in [0.4, 0.5) is 0 Å². The molecule has 21 heavy (non-hydrogen) atoms. The SMILES string of the molecule is CN(Cc1ccco1)C(=O)c1cc2c(Cl)c(Cl)ccc2[nH]1. The van der Waals surface area contributed by atoms with Gasteiger partial charge in [-0.2, -0.15) is 0 Å². The highest BCUT2D eigenvalue weighted by atomic mass is 35.5. The third-order valence-electron chi connectivity index (χ3n) is 3.24. The van der Waals surface area contributed by atoms with Gasteiger partial charge >= 0.3 is 0 Å². The van der Waals surface area contributed by atoms with Crippen LogP contribution in [0.15, 0.2) is 41.0 Å². The number of carbonyl (C=O) groups is 1. The quantitative estimate of drug-likeness (QED) is 0.779. The second kappa shape index (κ2) is 5.47. The molecule has 0 radical (unpaired) electrons. The summed E-state index contributed by atoms with van der Waals surface area (Å²) in [5.41, 5.74) is 1.24. The lowest BCUT2D eigenvalue weighted by atomic mass is 10.2. The maximum atomic E-state index is 12.4. The molecule has 2 aromatic heterocycles. The van der Waals surface area contributed by atoms with E-state index in [0.29, 0.717) is 22.3 Å². The van der Waals surface area contributed by atoms with Crippen molar-refractivity contribution in [3.63, 3.8) is 0 Å². The third-order valence-corrected chi connectivity index (χ3v) is 4.06. The van der Waals surface area contributed by atoms with Gasteiger partial charge in [0.1, 0.15) is 11.5 Å². The first-order valence-corrected chi connectivity index (χ1v) is 7.06. The van der Waals surface area contributed by atoms with E-state index in [-0.39, 0.29) is 5.91 Å². The number of nitrogens with zero attached hydrogens (tertiary/aromatic N) is 1. The number of benzene rings is 1. The van der Waals surface area contributed by atoms with Crippen LogP contribution in [0.2, 0.25) is 10.0 Å². The van der Waals surface area contributed by atoms with E-state index in [1.807, 2.05) is 6.07 Å². The second-order valence-corrected chi connectivity index (χ2v) is 5.53. The number of halogens is 2. The number of aromatic amines is 1. The summed E-state index contributed by atoms with van der Waals surface area (Å²) in [6.45, 7) is 0.398. The number of furan rings is 1. The monoisotopic (exact) mass is 322 g/mol. The van der Waals surface area contributed by atoms with Crippen molar-refractivity contribution >= 4 is 40.0 Å².